The molecule has 2 nitrogen and oxygen atoms in total. The summed E-state index contributed by atoms with van der Waals surface area (Å²) in [5, 5.41) is 14.7. The van der Waals surface area contributed by atoms with E-state index in [-0.39, 0.29) is 0 Å². The highest BCUT2D eigenvalue weighted by molar-refractivity contribution is 7.10. The lowest BCUT2D eigenvalue weighted by molar-refractivity contribution is 0.125. The van der Waals surface area contributed by atoms with E-state index in [2.05, 4.69) is 0 Å². The number of rotatable bonds is 3. The average Bonchev–Trinajstić information content (AvgIpc) is 3.16. The van der Waals surface area contributed by atoms with Crippen LogP contribution in [0, 0.1) is 0 Å². The predicted octanol–water partition coefficient (Wildman–Crippen LogP) is 4.58. The standard InChI is InChI=1S/C20H15NOS/c22-20(19-11-6-14-23-19,16-8-2-1-3-9-16)18-13-12-15-7-4-5-10-17(15)21-18/h1-14,22H/t20-/m1/s1. The molecule has 1 atom stereocenters. The Bertz CT molecular complexity index is 934. The van der Waals surface area contributed by atoms with Crippen LogP contribution in [-0.4, -0.2) is 10.1 Å². The van der Waals surface area contributed by atoms with E-state index in [0.29, 0.717) is 5.69 Å². The lowest BCUT2D eigenvalue weighted by Gasteiger charge is -2.27. The molecule has 4 aromatic rings. The molecule has 0 saturated heterocycles. The van der Waals surface area contributed by atoms with Crippen molar-refractivity contribution in [1.29, 1.82) is 0 Å². The van der Waals surface area contributed by atoms with Gasteiger partial charge >= 0.3 is 0 Å². The average molecular weight is 317 g/mol. The molecule has 3 heteroatoms. The smallest absolute Gasteiger partial charge is 0.166 e. The van der Waals surface area contributed by atoms with Crippen molar-refractivity contribution in [2.45, 2.75) is 5.60 Å². The van der Waals surface area contributed by atoms with Crippen LogP contribution in [0.2, 0.25) is 0 Å². The van der Waals surface area contributed by atoms with Gasteiger partial charge in [0.25, 0.3) is 0 Å². The van der Waals surface area contributed by atoms with Crippen LogP contribution in [0.5, 0.6) is 0 Å². The number of hydrogen-bond acceptors (Lipinski definition) is 3. The van der Waals surface area contributed by atoms with E-state index < -0.39 is 5.60 Å². The van der Waals surface area contributed by atoms with Gasteiger partial charge in [-0.3, -0.25) is 0 Å². The third-order valence-corrected chi connectivity index (χ3v) is 5.02. The van der Waals surface area contributed by atoms with Gasteiger partial charge < -0.3 is 5.11 Å². The van der Waals surface area contributed by atoms with Crippen LogP contribution in [-0.2, 0) is 5.60 Å². The van der Waals surface area contributed by atoms with Gasteiger partial charge in [0, 0.05) is 10.3 Å². The van der Waals surface area contributed by atoms with Crippen molar-refractivity contribution in [3.63, 3.8) is 0 Å². The fourth-order valence-corrected chi connectivity index (χ4v) is 3.70. The highest BCUT2D eigenvalue weighted by Crippen LogP contribution is 2.38. The van der Waals surface area contributed by atoms with Crippen LogP contribution in [0.25, 0.3) is 10.9 Å². The number of benzene rings is 2. The molecule has 2 aromatic carbocycles. The quantitative estimate of drug-likeness (QED) is 0.600. The number of hydrogen-bond donors (Lipinski definition) is 1. The first kappa shape index (κ1) is 14.1. The number of nitrogens with zero attached hydrogens (tertiary/aromatic N) is 1. The normalized spacial score (nSPS) is 13.8. The first-order valence-corrected chi connectivity index (χ1v) is 8.34. The van der Waals surface area contributed by atoms with Gasteiger partial charge in [-0.05, 0) is 29.1 Å². The number of aromatic nitrogens is 1. The first-order chi connectivity index (χ1) is 11.3. The number of pyridine rings is 1. The number of aliphatic hydroxyl groups is 1. The highest BCUT2D eigenvalue weighted by Gasteiger charge is 2.36. The third-order valence-electron chi connectivity index (χ3n) is 4.04. The minimum atomic E-state index is -1.24. The van der Waals surface area contributed by atoms with Gasteiger partial charge in [0.1, 0.15) is 0 Å². The molecule has 1 N–H and O–H groups in total. The summed E-state index contributed by atoms with van der Waals surface area (Å²) in [7, 11) is 0. The van der Waals surface area contributed by atoms with Gasteiger partial charge in [-0.2, -0.15) is 0 Å². The fraction of sp³-hybridized carbons (Fsp3) is 0.0500. The van der Waals surface area contributed by atoms with Gasteiger partial charge in [-0.25, -0.2) is 4.98 Å². The monoisotopic (exact) mass is 317 g/mol. The van der Waals surface area contributed by atoms with Crippen molar-refractivity contribution in [2.75, 3.05) is 0 Å². The molecule has 0 spiro atoms. The molecule has 23 heavy (non-hydrogen) atoms. The van der Waals surface area contributed by atoms with E-state index in [1.807, 2.05) is 84.2 Å². The Balaban J connectivity index is 1.98. The van der Waals surface area contributed by atoms with Crippen LogP contribution in [0.3, 0.4) is 0 Å². The lowest BCUT2D eigenvalue weighted by atomic mass is 9.88. The second-order valence-electron chi connectivity index (χ2n) is 5.44. The molecule has 0 saturated carbocycles. The molecular formula is C20H15NOS. The molecule has 0 aliphatic heterocycles. The molecule has 0 aliphatic rings. The summed E-state index contributed by atoms with van der Waals surface area (Å²) in [5.41, 5.74) is 1.12. The Morgan fingerprint density at radius 1 is 0.783 bits per heavy atom. The van der Waals surface area contributed by atoms with E-state index in [0.717, 1.165) is 21.3 Å². The topological polar surface area (TPSA) is 33.1 Å². The molecule has 2 aromatic heterocycles. The number of para-hydroxylation sites is 1. The minimum Gasteiger partial charge on any atom is -0.374 e. The van der Waals surface area contributed by atoms with Gasteiger partial charge in [0.05, 0.1) is 11.2 Å². The van der Waals surface area contributed by atoms with Crippen LogP contribution in [0.4, 0.5) is 0 Å². The molecule has 0 radical (unpaired) electrons. The van der Waals surface area contributed by atoms with E-state index in [4.69, 9.17) is 4.98 Å². The number of thiophene rings is 1. The number of fused-ring (bicyclic) bond motifs is 1. The van der Waals surface area contributed by atoms with Crippen molar-refractivity contribution < 1.29 is 5.11 Å². The summed E-state index contributed by atoms with van der Waals surface area (Å²) in [5.74, 6) is 0. The predicted molar refractivity (Wildman–Crippen MR) is 94.6 cm³/mol. The van der Waals surface area contributed by atoms with Gasteiger partial charge in [0.15, 0.2) is 5.60 Å². The summed E-state index contributed by atoms with van der Waals surface area (Å²) >= 11 is 1.53. The van der Waals surface area contributed by atoms with Crippen molar-refractivity contribution >= 4 is 22.2 Å². The molecule has 4 rings (SSSR count). The Morgan fingerprint density at radius 3 is 2.35 bits per heavy atom. The van der Waals surface area contributed by atoms with E-state index in [1.165, 1.54) is 11.3 Å². The summed E-state index contributed by atoms with van der Waals surface area (Å²) < 4.78 is 0. The van der Waals surface area contributed by atoms with Crippen molar-refractivity contribution in [3.05, 3.63) is 100 Å². The Labute approximate surface area is 138 Å². The van der Waals surface area contributed by atoms with Crippen molar-refractivity contribution in [1.82, 2.24) is 4.98 Å². The van der Waals surface area contributed by atoms with Crippen LogP contribution >= 0.6 is 11.3 Å². The summed E-state index contributed by atoms with van der Waals surface area (Å²) in [6.07, 6.45) is 0. The van der Waals surface area contributed by atoms with E-state index in [9.17, 15) is 5.11 Å². The molecule has 2 heterocycles. The van der Waals surface area contributed by atoms with Crippen molar-refractivity contribution in [3.8, 4) is 0 Å². The van der Waals surface area contributed by atoms with E-state index in [1.54, 1.807) is 0 Å². The fourth-order valence-electron chi connectivity index (χ4n) is 2.85. The Kier molecular flexibility index (Phi) is 3.45. The zero-order valence-corrected chi connectivity index (χ0v) is 13.2. The summed E-state index contributed by atoms with van der Waals surface area (Å²) in [6.45, 7) is 0. The first-order valence-electron chi connectivity index (χ1n) is 7.46. The Hall–Kier alpha value is -2.49. The van der Waals surface area contributed by atoms with Gasteiger partial charge in [-0.1, -0.05) is 60.7 Å². The van der Waals surface area contributed by atoms with Crippen LogP contribution in [0.15, 0.2) is 84.2 Å². The third kappa shape index (κ3) is 2.34. The maximum absolute atomic E-state index is 11.6. The molecule has 112 valence electrons. The maximum atomic E-state index is 11.6. The second kappa shape index (κ2) is 5.61. The summed E-state index contributed by atoms with van der Waals surface area (Å²) in [6, 6.07) is 25.5. The molecule has 0 fully saturated rings. The lowest BCUT2D eigenvalue weighted by Crippen LogP contribution is -2.28. The molecule has 0 aliphatic carbocycles. The van der Waals surface area contributed by atoms with Gasteiger partial charge in [0.2, 0.25) is 0 Å². The molecule has 0 bridgehead atoms. The van der Waals surface area contributed by atoms with Crippen LogP contribution in [0.1, 0.15) is 16.1 Å². The maximum Gasteiger partial charge on any atom is 0.166 e. The second-order valence-corrected chi connectivity index (χ2v) is 6.39. The van der Waals surface area contributed by atoms with E-state index >= 15 is 0 Å². The summed E-state index contributed by atoms with van der Waals surface area (Å²) in [4.78, 5) is 5.60. The Morgan fingerprint density at radius 2 is 1.57 bits per heavy atom. The zero-order valence-electron chi connectivity index (χ0n) is 12.4. The SMILES string of the molecule is O[C@](c1ccccc1)(c1ccc2ccccc2n1)c1cccs1. The van der Waals surface area contributed by atoms with Gasteiger partial charge in [-0.15, -0.1) is 11.3 Å². The van der Waals surface area contributed by atoms with Crippen molar-refractivity contribution in [2.24, 2.45) is 0 Å². The highest BCUT2D eigenvalue weighted by atomic mass is 32.1. The minimum absolute atomic E-state index is 0.643. The zero-order chi connectivity index (χ0) is 15.7. The molecule has 0 amide bonds. The van der Waals surface area contributed by atoms with Crippen LogP contribution < -0.4 is 0 Å². The largest absolute Gasteiger partial charge is 0.374 e. The molecular weight excluding hydrogens is 302 g/mol. The molecule has 0 unspecified atom stereocenters.